The number of fused-ring (bicyclic) bond motifs is 1. The van der Waals surface area contributed by atoms with Crippen LogP contribution in [0.3, 0.4) is 0 Å². The van der Waals surface area contributed by atoms with Crippen molar-refractivity contribution in [2.24, 2.45) is 0 Å². The fourth-order valence-corrected chi connectivity index (χ4v) is 2.83. The molecule has 0 unspecified atom stereocenters. The minimum absolute atomic E-state index is 0.0338. The molecule has 1 aromatic carbocycles. The molecule has 8 nitrogen and oxygen atoms in total. The van der Waals surface area contributed by atoms with Crippen molar-refractivity contribution in [3.05, 3.63) is 47.5 Å². The van der Waals surface area contributed by atoms with Crippen molar-refractivity contribution >= 4 is 28.4 Å². The summed E-state index contributed by atoms with van der Waals surface area (Å²) in [6, 6.07) is 8.70. The second-order valence-corrected chi connectivity index (χ2v) is 6.74. The van der Waals surface area contributed by atoms with Crippen LogP contribution in [0, 0.1) is 19.7 Å². The highest BCUT2D eigenvalue weighted by Crippen LogP contribution is 2.30. The van der Waals surface area contributed by atoms with Crippen molar-refractivity contribution in [1.82, 2.24) is 25.1 Å². The molecule has 0 saturated carbocycles. The molecule has 0 aliphatic rings. The Morgan fingerprint density at radius 2 is 1.86 bits per heavy atom. The quantitative estimate of drug-likeness (QED) is 0.483. The van der Waals surface area contributed by atoms with E-state index in [4.69, 9.17) is 4.74 Å². The highest BCUT2D eigenvalue weighted by Gasteiger charge is 2.15. The molecular weight excluding hydrogens is 361 g/mol. The first-order chi connectivity index (χ1) is 13.4. The molecule has 28 heavy (non-hydrogen) atoms. The van der Waals surface area contributed by atoms with Crippen LogP contribution >= 0.6 is 0 Å². The molecule has 9 heteroatoms. The van der Waals surface area contributed by atoms with E-state index in [1.54, 1.807) is 24.3 Å². The lowest BCUT2D eigenvalue weighted by atomic mass is 10.2. The summed E-state index contributed by atoms with van der Waals surface area (Å²) in [5, 5.41) is 10.5. The molecule has 4 aromatic rings. The predicted molar refractivity (Wildman–Crippen MR) is 106 cm³/mol. The summed E-state index contributed by atoms with van der Waals surface area (Å²) in [5.41, 5.74) is 2.50. The molecule has 0 fully saturated rings. The second kappa shape index (κ2) is 6.84. The third-order valence-corrected chi connectivity index (χ3v) is 4.15. The molecule has 3 heterocycles. The minimum Gasteiger partial charge on any atom is -0.421 e. The maximum atomic E-state index is 14.8. The minimum atomic E-state index is -0.460. The first kappa shape index (κ1) is 17.8. The Kier molecular flexibility index (Phi) is 4.34. The molecule has 3 aromatic heterocycles. The van der Waals surface area contributed by atoms with Crippen LogP contribution in [0.5, 0.6) is 11.8 Å². The topological polar surface area (TPSA) is 94.8 Å². The SMILES string of the molecule is Cc1cc(Nc2cc(N(C)C)nc(Oc3ccc4[nH]c(C)cc4c3F)n2)n[nH]1. The Morgan fingerprint density at radius 1 is 1.04 bits per heavy atom. The summed E-state index contributed by atoms with van der Waals surface area (Å²) in [6.45, 7) is 3.78. The van der Waals surface area contributed by atoms with Gasteiger partial charge in [-0.25, -0.2) is 4.39 Å². The Bertz CT molecular complexity index is 1150. The number of aromatic nitrogens is 5. The number of aryl methyl sites for hydroxylation is 2. The zero-order valence-corrected chi connectivity index (χ0v) is 16.0. The first-order valence-corrected chi connectivity index (χ1v) is 8.70. The zero-order chi connectivity index (χ0) is 19.8. The van der Waals surface area contributed by atoms with E-state index in [1.807, 2.05) is 38.9 Å². The van der Waals surface area contributed by atoms with Crippen molar-refractivity contribution in [2.45, 2.75) is 13.8 Å². The lowest BCUT2D eigenvalue weighted by Gasteiger charge is -2.14. The number of rotatable bonds is 5. The van der Waals surface area contributed by atoms with Gasteiger partial charge in [-0.15, -0.1) is 0 Å². The number of aromatic amines is 2. The maximum absolute atomic E-state index is 14.8. The molecule has 0 aliphatic heterocycles. The van der Waals surface area contributed by atoms with Gasteiger partial charge in [-0.1, -0.05) is 0 Å². The van der Waals surface area contributed by atoms with Crippen LogP contribution in [0.1, 0.15) is 11.4 Å². The van der Waals surface area contributed by atoms with Crippen molar-refractivity contribution in [2.75, 3.05) is 24.3 Å². The first-order valence-electron chi connectivity index (χ1n) is 8.70. The Hall–Kier alpha value is -3.62. The van der Waals surface area contributed by atoms with Gasteiger partial charge in [0.25, 0.3) is 0 Å². The second-order valence-electron chi connectivity index (χ2n) is 6.74. The Morgan fingerprint density at radius 3 is 2.57 bits per heavy atom. The lowest BCUT2D eigenvalue weighted by molar-refractivity contribution is 0.414. The summed E-state index contributed by atoms with van der Waals surface area (Å²) < 4.78 is 20.5. The molecule has 0 spiro atoms. The van der Waals surface area contributed by atoms with Crippen LogP contribution in [0.2, 0.25) is 0 Å². The van der Waals surface area contributed by atoms with Gasteiger partial charge in [-0.3, -0.25) is 5.10 Å². The molecule has 0 amide bonds. The fraction of sp³-hybridized carbons (Fsp3) is 0.211. The third-order valence-electron chi connectivity index (χ3n) is 4.15. The van der Waals surface area contributed by atoms with Crippen molar-refractivity contribution in [3.63, 3.8) is 0 Å². The standard InChI is InChI=1S/C19H20FN7O/c1-10-7-12-13(21-10)5-6-14(18(12)20)28-19-23-15(9-17(24-19)27(3)4)22-16-8-11(2)25-26-16/h5-9,21H,1-4H3,(H2,22,23,24,25,26). The van der Waals surface area contributed by atoms with Crippen molar-refractivity contribution < 1.29 is 9.13 Å². The van der Waals surface area contributed by atoms with Gasteiger partial charge in [-0.05, 0) is 32.0 Å². The number of ether oxygens (including phenoxy) is 1. The van der Waals surface area contributed by atoms with Crippen LogP contribution in [0.15, 0.2) is 30.3 Å². The predicted octanol–water partition coefficient (Wildman–Crippen LogP) is 4.04. The number of hydrogen-bond donors (Lipinski definition) is 3. The van der Waals surface area contributed by atoms with Crippen LogP contribution in [0.25, 0.3) is 10.9 Å². The normalized spacial score (nSPS) is 11.0. The number of H-pyrrole nitrogens is 2. The average Bonchev–Trinajstić information content (AvgIpc) is 3.22. The number of anilines is 3. The molecule has 0 radical (unpaired) electrons. The van der Waals surface area contributed by atoms with Crippen LogP contribution in [-0.2, 0) is 0 Å². The summed E-state index contributed by atoms with van der Waals surface area (Å²) in [5.74, 6) is 1.31. The lowest BCUT2D eigenvalue weighted by Crippen LogP contribution is -2.12. The van der Waals surface area contributed by atoms with Crippen LogP contribution < -0.4 is 15.0 Å². The summed E-state index contributed by atoms with van der Waals surface area (Å²) in [7, 11) is 3.70. The van der Waals surface area contributed by atoms with Gasteiger partial charge in [0.1, 0.15) is 11.6 Å². The molecular formula is C19H20FN7O. The molecule has 0 aliphatic carbocycles. The van der Waals surface area contributed by atoms with E-state index >= 15 is 0 Å². The van der Waals surface area contributed by atoms with Crippen LogP contribution in [-0.4, -0.2) is 39.2 Å². The van der Waals surface area contributed by atoms with E-state index in [9.17, 15) is 4.39 Å². The summed E-state index contributed by atoms with van der Waals surface area (Å²) in [6.07, 6.45) is 0. The Balaban J connectivity index is 1.69. The Labute approximate surface area is 160 Å². The zero-order valence-electron chi connectivity index (χ0n) is 16.0. The third kappa shape index (κ3) is 3.46. The van der Waals surface area contributed by atoms with Gasteiger partial charge in [0.05, 0.1) is 0 Å². The largest absolute Gasteiger partial charge is 0.421 e. The highest BCUT2D eigenvalue weighted by molar-refractivity contribution is 5.82. The van der Waals surface area contributed by atoms with Gasteiger partial charge in [0.2, 0.25) is 0 Å². The number of benzene rings is 1. The van der Waals surface area contributed by atoms with E-state index in [0.29, 0.717) is 28.4 Å². The monoisotopic (exact) mass is 381 g/mol. The molecule has 3 N–H and O–H groups in total. The molecule has 0 bridgehead atoms. The van der Waals surface area contributed by atoms with E-state index in [1.165, 1.54) is 0 Å². The van der Waals surface area contributed by atoms with Gasteiger partial charge < -0.3 is 19.9 Å². The van der Waals surface area contributed by atoms with Gasteiger partial charge in [0, 0.05) is 48.5 Å². The van der Waals surface area contributed by atoms with E-state index in [-0.39, 0.29) is 11.8 Å². The number of hydrogen-bond acceptors (Lipinski definition) is 6. The average molecular weight is 381 g/mol. The number of nitrogens with zero attached hydrogens (tertiary/aromatic N) is 4. The van der Waals surface area contributed by atoms with Gasteiger partial charge >= 0.3 is 6.01 Å². The van der Waals surface area contributed by atoms with Crippen molar-refractivity contribution in [1.29, 1.82) is 0 Å². The maximum Gasteiger partial charge on any atom is 0.326 e. The van der Waals surface area contributed by atoms with Gasteiger partial charge in [-0.2, -0.15) is 15.1 Å². The molecule has 0 atom stereocenters. The molecule has 4 rings (SSSR count). The van der Waals surface area contributed by atoms with E-state index in [0.717, 1.165) is 11.4 Å². The van der Waals surface area contributed by atoms with E-state index < -0.39 is 5.82 Å². The fourth-order valence-electron chi connectivity index (χ4n) is 2.83. The van der Waals surface area contributed by atoms with Gasteiger partial charge in [0.15, 0.2) is 17.4 Å². The molecule has 0 saturated heterocycles. The summed E-state index contributed by atoms with van der Waals surface area (Å²) >= 11 is 0. The smallest absolute Gasteiger partial charge is 0.326 e. The van der Waals surface area contributed by atoms with E-state index in [2.05, 4.69) is 30.5 Å². The highest BCUT2D eigenvalue weighted by atomic mass is 19.1. The van der Waals surface area contributed by atoms with Crippen molar-refractivity contribution in [3.8, 4) is 11.8 Å². The number of nitrogens with one attached hydrogen (secondary N) is 3. The summed E-state index contributed by atoms with van der Waals surface area (Å²) in [4.78, 5) is 13.6. The number of halogens is 1. The van der Waals surface area contributed by atoms with Crippen LogP contribution in [0.4, 0.5) is 21.8 Å². The molecule has 144 valence electrons.